The minimum atomic E-state index is 0.753. The predicted molar refractivity (Wildman–Crippen MR) is 79.1 cm³/mol. The maximum absolute atomic E-state index is 4.12. The molecule has 0 radical (unpaired) electrons. The summed E-state index contributed by atoms with van der Waals surface area (Å²) < 4.78 is 0. The van der Waals surface area contributed by atoms with Crippen molar-refractivity contribution >= 4 is 0 Å². The van der Waals surface area contributed by atoms with E-state index < -0.39 is 0 Å². The minimum absolute atomic E-state index is 0.753. The van der Waals surface area contributed by atoms with E-state index >= 15 is 0 Å². The summed E-state index contributed by atoms with van der Waals surface area (Å²) in [6.45, 7) is 5.49. The van der Waals surface area contributed by atoms with Crippen LogP contribution in [0.1, 0.15) is 18.4 Å². The van der Waals surface area contributed by atoms with E-state index in [1.54, 1.807) is 0 Å². The Labute approximate surface area is 116 Å². The van der Waals surface area contributed by atoms with Crippen LogP contribution < -0.4 is 5.32 Å². The van der Waals surface area contributed by atoms with Gasteiger partial charge in [-0.2, -0.15) is 0 Å². The van der Waals surface area contributed by atoms with Gasteiger partial charge in [-0.05, 0) is 45.1 Å². The molecule has 2 heterocycles. The summed E-state index contributed by atoms with van der Waals surface area (Å²) in [5.41, 5.74) is 1.25. The standard InChI is InChI=1S/C15H26N4/c1-18(13-15-6-4-9-19(15)2)10-8-17-12-14-5-3-7-16-11-14/h3,5,7,11,15,17H,4,6,8-10,12-13H2,1-2H3. The summed E-state index contributed by atoms with van der Waals surface area (Å²) in [7, 11) is 4.46. The molecule has 1 N–H and O–H groups in total. The van der Waals surface area contributed by atoms with Crippen molar-refractivity contribution < 1.29 is 0 Å². The van der Waals surface area contributed by atoms with Gasteiger partial charge >= 0.3 is 0 Å². The second-order valence-electron chi connectivity index (χ2n) is 5.58. The third-order valence-electron chi connectivity index (χ3n) is 3.92. The molecule has 4 nitrogen and oxygen atoms in total. The molecular formula is C15H26N4. The summed E-state index contributed by atoms with van der Waals surface area (Å²) in [5, 5.41) is 3.47. The van der Waals surface area contributed by atoms with Crippen molar-refractivity contribution in [3.05, 3.63) is 30.1 Å². The van der Waals surface area contributed by atoms with E-state index in [-0.39, 0.29) is 0 Å². The van der Waals surface area contributed by atoms with Gasteiger partial charge in [0.2, 0.25) is 0 Å². The van der Waals surface area contributed by atoms with Crippen molar-refractivity contribution in [3.63, 3.8) is 0 Å². The molecule has 0 amide bonds. The SMILES string of the molecule is CN(CCNCc1cccnc1)CC1CCCN1C. The number of hydrogen-bond acceptors (Lipinski definition) is 4. The zero-order valence-corrected chi connectivity index (χ0v) is 12.2. The number of pyridine rings is 1. The van der Waals surface area contributed by atoms with Crippen molar-refractivity contribution in [2.45, 2.75) is 25.4 Å². The van der Waals surface area contributed by atoms with Gasteiger partial charge in [-0.15, -0.1) is 0 Å². The Morgan fingerprint density at radius 2 is 2.42 bits per heavy atom. The molecule has 1 aliphatic rings. The molecule has 0 aromatic carbocycles. The monoisotopic (exact) mass is 262 g/mol. The van der Waals surface area contributed by atoms with E-state index in [0.717, 1.165) is 25.7 Å². The van der Waals surface area contributed by atoms with Gasteiger partial charge in [0.15, 0.2) is 0 Å². The molecule has 1 aliphatic heterocycles. The van der Waals surface area contributed by atoms with Crippen LogP contribution in [0.25, 0.3) is 0 Å². The molecule has 1 unspecified atom stereocenters. The number of aromatic nitrogens is 1. The van der Waals surface area contributed by atoms with Gasteiger partial charge in [0.25, 0.3) is 0 Å². The summed E-state index contributed by atoms with van der Waals surface area (Å²) in [6, 6.07) is 4.85. The van der Waals surface area contributed by atoms with Gasteiger partial charge in [0.1, 0.15) is 0 Å². The first-order valence-corrected chi connectivity index (χ1v) is 7.24. The van der Waals surface area contributed by atoms with Gasteiger partial charge < -0.3 is 15.1 Å². The van der Waals surface area contributed by atoms with Crippen LogP contribution in [0.5, 0.6) is 0 Å². The maximum atomic E-state index is 4.12. The molecule has 1 fully saturated rings. The lowest BCUT2D eigenvalue weighted by Crippen LogP contribution is -2.39. The molecule has 0 aliphatic carbocycles. The second-order valence-corrected chi connectivity index (χ2v) is 5.58. The summed E-state index contributed by atoms with van der Waals surface area (Å²) in [4.78, 5) is 9.04. The highest BCUT2D eigenvalue weighted by Gasteiger charge is 2.21. The van der Waals surface area contributed by atoms with Crippen LogP contribution in [0.15, 0.2) is 24.5 Å². The molecule has 1 aromatic rings. The normalized spacial score (nSPS) is 20.3. The number of likely N-dealkylation sites (N-methyl/N-ethyl adjacent to an activating group) is 2. The predicted octanol–water partition coefficient (Wildman–Crippen LogP) is 1.20. The molecule has 106 valence electrons. The molecule has 0 saturated carbocycles. The molecule has 0 bridgehead atoms. The minimum Gasteiger partial charge on any atom is -0.311 e. The first-order valence-electron chi connectivity index (χ1n) is 7.24. The van der Waals surface area contributed by atoms with Crippen molar-refractivity contribution in [1.29, 1.82) is 0 Å². The number of nitrogens with one attached hydrogen (secondary N) is 1. The topological polar surface area (TPSA) is 31.4 Å². The average Bonchev–Trinajstić information content (AvgIpc) is 2.82. The van der Waals surface area contributed by atoms with Crippen LogP contribution in [0.2, 0.25) is 0 Å². The van der Waals surface area contributed by atoms with Crippen LogP contribution in [-0.2, 0) is 6.54 Å². The number of likely N-dealkylation sites (tertiary alicyclic amines) is 1. The highest BCUT2D eigenvalue weighted by molar-refractivity contribution is 5.07. The van der Waals surface area contributed by atoms with Crippen LogP contribution in [0, 0.1) is 0 Å². The number of rotatable bonds is 7. The van der Waals surface area contributed by atoms with E-state index in [1.165, 1.54) is 31.5 Å². The van der Waals surface area contributed by atoms with E-state index in [4.69, 9.17) is 0 Å². The maximum Gasteiger partial charge on any atom is 0.0312 e. The molecule has 2 rings (SSSR count). The second kappa shape index (κ2) is 7.58. The Hall–Kier alpha value is -0.970. The molecule has 19 heavy (non-hydrogen) atoms. The van der Waals surface area contributed by atoms with Gasteiger partial charge in [-0.25, -0.2) is 0 Å². The number of nitrogens with zero attached hydrogens (tertiary/aromatic N) is 3. The lowest BCUT2D eigenvalue weighted by atomic mass is 10.2. The largest absolute Gasteiger partial charge is 0.311 e. The molecule has 1 saturated heterocycles. The molecule has 1 atom stereocenters. The van der Waals surface area contributed by atoms with Gasteiger partial charge in [-0.3, -0.25) is 4.98 Å². The summed E-state index contributed by atoms with van der Waals surface area (Å²) in [5.74, 6) is 0. The Morgan fingerprint density at radius 1 is 1.53 bits per heavy atom. The van der Waals surface area contributed by atoms with Crippen LogP contribution in [0.3, 0.4) is 0 Å². The third kappa shape index (κ3) is 4.90. The Morgan fingerprint density at radius 3 is 3.11 bits per heavy atom. The van der Waals surface area contributed by atoms with Crippen molar-refractivity contribution in [1.82, 2.24) is 20.1 Å². The molecule has 1 aromatic heterocycles. The van der Waals surface area contributed by atoms with Crippen LogP contribution >= 0.6 is 0 Å². The van der Waals surface area contributed by atoms with Gasteiger partial charge in [0.05, 0.1) is 0 Å². The zero-order valence-electron chi connectivity index (χ0n) is 12.2. The van der Waals surface area contributed by atoms with Crippen molar-refractivity contribution in [3.8, 4) is 0 Å². The van der Waals surface area contributed by atoms with E-state index in [9.17, 15) is 0 Å². The highest BCUT2D eigenvalue weighted by atomic mass is 15.2. The molecular weight excluding hydrogens is 236 g/mol. The van der Waals surface area contributed by atoms with E-state index in [0.29, 0.717) is 0 Å². The molecule has 0 spiro atoms. The summed E-state index contributed by atoms with van der Waals surface area (Å²) >= 11 is 0. The first kappa shape index (κ1) is 14.4. The van der Waals surface area contributed by atoms with Crippen LogP contribution in [-0.4, -0.2) is 61.1 Å². The van der Waals surface area contributed by atoms with Crippen LogP contribution in [0.4, 0.5) is 0 Å². The highest BCUT2D eigenvalue weighted by Crippen LogP contribution is 2.14. The van der Waals surface area contributed by atoms with Crippen molar-refractivity contribution in [2.24, 2.45) is 0 Å². The zero-order chi connectivity index (χ0) is 13.5. The fourth-order valence-electron chi connectivity index (χ4n) is 2.67. The Kier molecular flexibility index (Phi) is 5.76. The van der Waals surface area contributed by atoms with E-state index in [2.05, 4.69) is 40.3 Å². The Balaban J connectivity index is 1.57. The van der Waals surface area contributed by atoms with Gasteiger partial charge in [0, 0.05) is 44.6 Å². The van der Waals surface area contributed by atoms with E-state index in [1.807, 2.05) is 18.5 Å². The fourth-order valence-corrected chi connectivity index (χ4v) is 2.67. The lowest BCUT2D eigenvalue weighted by Gasteiger charge is -2.25. The quantitative estimate of drug-likeness (QED) is 0.748. The Bertz CT molecular complexity index is 354. The number of hydrogen-bond donors (Lipinski definition) is 1. The average molecular weight is 262 g/mol. The van der Waals surface area contributed by atoms with Crippen molar-refractivity contribution in [2.75, 3.05) is 40.3 Å². The lowest BCUT2D eigenvalue weighted by molar-refractivity contribution is 0.220. The third-order valence-corrected chi connectivity index (χ3v) is 3.92. The summed E-state index contributed by atoms with van der Waals surface area (Å²) in [6.07, 6.45) is 6.44. The van der Waals surface area contributed by atoms with Gasteiger partial charge in [-0.1, -0.05) is 6.07 Å². The fraction of sp³-hybridized carbons (Fsp3) is 0.667. The first-order chi connectivity index (χ1) is 9.25. The molecule has 4 heteroatoms. The smallest absolute Gasteiger partial charge is 0.0312 e.